The summed E-state index contributed by atoms with van der Waals surface area (Å²) >= 11 is 3.39. The maximum atomic E-state index is 12.1. The molecule has 0 bridgehead atoms. The summed E-state index contributed by atoms with van der Waals surface area (Å²) in [5.74, 6) is 0.919. The predicted molar refractivity (Wildman–Crippen MR) is 81.8 cm³/mol. The second kappa shape index (κ2) is 5.63. The van der Waals surface area contributed by atoms with Gasteiger partial charge >= 0.3 is 0 Å². The smallest absolute Gasteiger partial charge is 0.252 e. The van der Waals surface area contributed by atoms with E-state index in [0.29, 0.717) is 5.56 Å². The number of amides is 1. The molecule has 2 heterocycles. The SMILES string of the molecule is O=C(NC1CN(c2ccccn2)C1)c1ccccc1Br. The van der Waals surface area contributed by atoms with Gasteiger partial charge in [0.05, 0.1) is 11.6 Å². The van der Waals surface area contributed by atoms with Crippen molar-refractivity contribution < 1.29 is 4.79 Å². The summed E-state index contributed by atoms with van der Waals surface area (Å²) in [5, 5.41) is 3.03. The molecule has 1 fully saturated rings. The third-order valence-corrected chi connectivity index (χ3v) is 4.00. The third-order valence-electron chi connectivity index (χ3n) is 3.31. The average Bonchev–Trinajstić information content (AvgIpc) is 2.43. The first-order chi connectivity index (χ1) is 9.74. The van der Waals surface area contributed by atoms with E-state index in [4.69, 9.17) is 0 Å². The van der Waals surface area contributed by atoms with Gasteiger partial charge in [-0.15, -0.1) is 0 Å². The summed E-state index contributed by atoms with van der Waals surface area (Å²) in [7, 11) is 0. The van der Waals surface area contributed by atoms with Gasteiger partial charge in [-0.3, -0.25) is 4.79 Å². The van der Waals surface area contributed by atoms with Crippen LogP contribution in [0.25, 0.3) is 0 Å². The Balaban J connectivity index is 1.57. The van der Waals surface area contributed by atoms with E-state index in [9.17, 15) is 4.79 Å². The summed E-state index contributed by atoms with van der Waals surface area (Å²) in [4.78, 5) is 18.6. The first-order valence-corrected chi connectivity index (χ1v) is 7.25. The molecule has 102 valence electrons. The number of anilines is 1. The fourth-order valence-corrected chi connectivity index (χ4v) is 2.67. The van der Waals surface area contributed by atoms with Crippen molar-refractivity contribution in [3.05, 3.63) is 58.7 Å². The molecule has 1 aromatic heterocycles. The van der Waals surface area contributed by atoms with Crippen LogP contribution < -0.4 is 10.2 Å². The number of carbonyl (C=O) groups is 1. The Morgan fingerprint density at radius 1 is 1.20 bits per heavy atom. The Morgan fingerprint density at radius 2 is 1.95 bits per heavy atom. The highest BCUT2D eigenvalue weighted by Crippen LogP contribution is 2.19. The first kappa shape index (κ1) is 13.1. The van der Waals surface area contributed by atoms with E-state index in [1.54, 1.807) is 6.20 Å². The molecule has 2 aromatic rings. The van der Waals surface area contributed by atoms with Crippen molar-refractivity contribution in [3.8, 4) is 0 Å². The van der Waals surface area contributed by atoms with Crippen molar-refractivity contribution in [3.63, 3.8) is 0 Å². The quantitative estimate of drug-likeness (QED) is 0.939. The zero-order chi connectivity index (χ0) is 13.9. The van der Waals surface area contributed by atoms with E-state index in [-0.39, 0.29) is 11.9 Å². The molecular formula is C15H14BrN3O. The lowest BCUT2D eigenvalue weighted by Gasteiger charge is -2.40. The number of rotatable bonds is 3. The second-order valence-electron chi connectivity index (χ2n) is 4.74. The minimum Gasteiger partial charge on any atom is -0.352 e. The zero-order valence-corrected chi connectivity index (χ0v) is 12.4. The van der Waals surface area contributed by atoms with Gasteiger partial charge in [0.1, 0.15) is 5.82 Å². The largest absolute Gasteiger partial charge is 0.352 e. The Bertz CT molecular complexity index is 612. The minimum absolute atomic E-state index is 0.0388. The highest BCUT2D eigenvalue weighted by Gasteiger charge is 2.29. The van der Waals surface area contributed by atoms with Crippen LogP contribution in [0.5, 0.6) is 0 Å². The van der Waals surface area contributed by atoms with Gasteiger partial charge in [-0.2, -0.15) is 0 Å². The van der Waals surface area contributed by atoms with Crippen LogP contribution in [0.3, 0.4) is 0 Å². The Morgan fingerprint density at radius 3 is 2.65 bits per heavy atom. The normalized spacial score (nSPS) is 14.8. The van der Waals surface area contributed by atoms with Crippen molar-refractivity contribution in [2.75, 3.05) is 18.0 Å². The van der Waals surface area contributed by atoms with Crippen molar-refractivity contribution in [1.29, 1.82) is 0 Å². The van der Waals surface area contributed by atoms with E-state index in [1.807, 2.05) is 42.5 Å². The molecule has 1 saturated heterocycles. The van der Waals surface area contributed by atoms with Gasteiger partial charge in [0.25, 0.3) is 5.91 Å². The highest BCUT2D eigenvalue weighted by atomic mass is 79.9. The Hall–Kier alpha value is -1.88. The number of nitrogens with one attached hydrogen (secondary N) is 1. The molecule has 1 aromatic carbocycles. The summed E-state index contributed by atoms with van der Waals surface area (Å²) in [5.41, 5.74) is 0.670. The number of benzene rings is 1. The molecule has 0 radical (unpaired) electrons. The number of halogens is 1. The number of aromatic nitrogens is 1. The van der Waals surface area contributed by atoms with Gasteiger partial charge in [-0.1, -0.05) is 18.2 Å². The van der Waals surface area contributed by atoms with Crippen molar-refractivity contribution in [2.24, 2.45) is 0 Å². The molecule has 0 unspecified atom stereocenters. The van der Waals surface area contributed by atoms with Crippen molar-refractivity contribution >= 4 is 27.7 Å². The maximum Gasteiger partial charge on any atom is 0.252 e. The molecule has 1 aliphatic heterocycles. The molecule has 0 spiro atoms. The zero-order valence-electron chi connectivity index (χ0n) is 10.8. The molecule has 1 N–H and O–H groups in total. The molecule has 0 saturated carbocycles. The van der Waals surface area contributed by atoms with Gasteiger partial charge in [0, 0.05) is 23.8 Å². The van der Waals surface area contributed by atoms with Gasteiger partial charge in [-0.05, 0) is 40.2 Å². The van der Waals surface area contributed by atoms with Crippen LogP contribution in [0.1, 0.15) is 10.4 Å². The van der Waals surface area contributed by atoms with Crippen LogP contribution in [0.15, 0.2) is 53.1 Å². The van der Waals surface area contributed by atoms with Gasteiger partial charge in [-0.25, -0.2) is 4.98 Å². The highest BCUT2D eigenvalue weighted by molar-refractivity contribution is 9.10. The topological polar surface area (TPSA) is 45.2 Å². The molecule has 20 heavy (non-hydrogen) atoms. The number of hydrogen-bond acceptors (Lipinski definition) is 3. The van der Waals surface area contributed by atoms with Crippen LogP contribution in [-0.2, 0) is 0 Å². The molecule has 3 rings (SSSR count). The first-order valence-electron chi connectivity index (χ1n) is 6.45. The van der Waals surface area contributed by atoms with Crippen LogP contribution in [0, 0.1) is 0 Å². The number of hydrogen-bond donors (Lipinski definition) is 1. The molecule has 0 atom stereocenters. The molecule has 0 aliphatic carbocycles. The summed E-state index contributed by atoms with van der Waals surface area (Å²) in [6.45, 7) is 1.60. The third kappa shape index (κ3) is 2.67. The fraction of sp³-hybridized carbons (Fsp3) is 0.200. The summed E-state index contributed by atoms with van der Waals surface area (Å²) in [6, 6.07) is 13.5. The Kier molecular flexibility index (Phi) is 3.69. The van der Waals surface area contributed by atoms with E-state index in [0.717, 1.165) is 23.4 Å². The van der Waals surface area contributed by atoms with Gasteiger partial charge < -0.3 is 10.2 Å². The van der Waals surface area contributed by atoms with E-state index in [1.165, 1.54) is 0 Å². The Labute approximate surface area is 126 Å². The molecule has 1 amide bonds. The monoisotopic (exact) mass is 331 g/mol. The van der Waals surface area contributed by atoms with Gasteiger partial charge in [0.2, 0.25) is 0 Å². The van der Waals surface area contributed by atoms with E-state index < -0.39 is 0 Å². The fourth-order valence-electron chi connectivity index (χ4n) is 2.21. The second-order valence-corrected chi connectivity index (χ2v) is 5.60. The van der Waals surface area contributed by atoms with Crippen molar-refractivity contribution in [1.82, 2.24) is 10.3 Å². The minimum atomic E-state index is -0.0388. The van der Waals surface area contributed by atoms with Gasteiger partial charge in [0.15, 0.2) is 0 Å². The van der Waals surface area contributed by atoms with Crippen molar-refractivity contribution in [2.45, 2.75) is 6.04 Å². The van der Waals surface area contributed by atoms with E-state index in [2.05, 4.69) is 31.1 Å². The standard InChI is InChI=1S/C15H14BrN3O/c16-13-6-2-1-5-12(13)15(20)18-11-9-19(10-11)14-7-3-4-8-17-14/h1-8,11H,9-10H2,(H,18,20). The predicted octanol–water partition coefficient (Wildman–Crippen LogP) is 2.46. The lowest BCUT2D eigenvalue weighted by atomic mass is 10.1. The summed E-state index contributed by atoms with van der Waals surface area (Å²) in [6.07, 6.45) is 1.78. The molecular weight excluding hydrogens is 318 g/mol. The number of nitrogens with zero attached hydrogens (tertiary/aromatic N) is 2. The molecule has 4 nitrogen and oxygen atoms in total. The average molecular weight is 332 g/mol. The number of carbonyl (C=O) groups excluding carboxylic acids is 1. The lowest BCUT2D eigenvalue weighted by Crippen LogP contribution is -2.59. The summed E-state index contributed by atoms with van der Waals surface area (Å²) < 4.78 is 0.818. The van der Waals surface area contributed by atoms with Crippen LogP contribution in [-0.4, -0.2) is 30.0 Å². The molecule has 1 aliphatic rings. The molecule has 5 heteroatoms. The van der Waals surface area contributed by atoms with E-state index >= 15 is 0 Å². The number of pyridine rings is 1. The van der Waals surface area contributed by atoms with Crippen LogP contribution in [0.4, 0.5) is 5.82 Å². The van der Waals surface area contributed by atoms with Crippen LogP contribution in [0.2, 0.25) is 0 Å². The maximum absolute atomic E-state index is 12.1. The van der Waals surface area contributed by atoms with Crippen LogP contribution >= 0.6 is 15.9 Å². The lowest BCUT2D eigenvalue weighted by molar-refractivity contribution is 0.0929.